The topological polar surface area (TPSA) is 54.6 Å². The summed E-state index contributed by atoms with van der Waals surface area (Å²) in [6.07, 6.45) is 4.28. The lowest BCUT2D eigenvalue weighted by atomic mass is 9.87. The minimum Gasteiger partial charge on any atom is -0.489 e. The molecule has 0 bridgehead atoms. The van der Waals surface area contributed by atoms with E-state index < -0.39 is 11.6 Å². The van der Waals surface area contributed by atoms with Gasteiger partial charge in [-0.3, -0.25) is 0 Å². The first-order valence-electron chi connectivity index (χ1n) is 8.95. The van der Waals surface area contributed by atoms with Gasteiger partial charge in [-0.25, -0.2) is 8.78 Å². The summed E-state index contributed by atoms with van der Waals surface area (Å²) in [5.74, 6) is -0.385. The van der Waals surface area contributed by atoms with E-state index in [1.807, 2.05) is 6.19 Å². The van der Waals surface area contributed by atoms with Crippen LogP contribution in [0, 0.1) is 29.0 Å². The van der Waals surface area contributed by atoms with Crippen LogP contribution < -0.4 is 4.74 Å². The molecule has 138 valence electrons. The van der Waals surface area contributed by atoms with Crippen LogP contribution in [0.3, 0.4) is 0 Å². The summed E-state index contributed by atoms with van der Waals surface area (Å²) in [5, 5.41) is 9.10. The summed E-state index contributed by atoms with van der Waals surface area (Å²) in [4.78, 5) is 3.99. The molecule has 0 saturated carbocycles. The smallest absolute Gasteiger partial charge is 0.205 e. The van der Waals surface area contributed by atoms with E-state index in [4.69, 9.17) is 14.7 Å². The first-order chi connectivity index (χ1) is 13.1. The van der Waals surface area contributed by atoms with Crippen molar-refractivity contribution < 1.29 is 18.3 Å². The zero-order chi connectivity index (χ0) is 18.8. The highest BCUT2D eigenvalue weighted by atomic mass is 19.1. The highest BCUT2D eigenvalue weighted by Gasteiger charge is 2.32. The van der Waals surface area contributed by atoms with Crippen LogP contribution in [0.5, 0.6) is 5.75 Å². The zero-order valence-corrected chi connectivity index (χ0v) is 14.6. The number of aliphatic imine (C=N–C) groups is 1. The monoisotopic (exact) mass is 368 g/mol. The predicted molar refractivity (Wildman–Crippen MR) is 96.5 cm³/mol. The second-order valence-electron chi connectivity index (χ2n) is 6.87. The number of hydrogen-bond donors (Lipinski definition) is 0. The molecule has 4 rings (SSSR count). The number of rotatable bonds is 2. The molecule has 0 spiro atoms. The SMILES string of the molecule is N#C/N=C1\C[C@@H]([C@@H]2CCCOC2)Oc2ccc(-c3cc(F)cc(F)c3)cc21. The maximum absolute atomic E-state index is 13.6. The Hall–Kier alpha value is -2.78. The molecule has 1 fully saturated rings. The van der Waals surface area contributed by atoms with Crippen LogP contribution in [0.4, 0.5) is 8.78 Å². The maximum atomic E-state index is 13.6. The first-order valence-corrected chi connectivity index (χ1v) is 8.95. The van der Waals surface area contributed by atoms with E-state index in [0.717, 1.165) is 25.5 Å². The number of halogens is 2. The molecule has 2 aromatic rings. The van der Waals surface area contributed by atoms with Gasteiger partial charge >= 0.3 is 0 Å². The van der Waals surface area contributed by atoms with Gasteiger partial charge in [-0.1, -0.05) is 6.07 Å². The van der Waals surface area contributed by atoms with E-state index in [1.54, 1.807) is 18.2 Å². The minimum atomic E-state index is -0.637. The van der Waals surface area contributed by atoms with Crippen LogP contribution in [0.15, 0.2) is 41.4 Å². The molecule has 2 heterocycles. The van der Waals surface area contributed by atoms with Gasteiger partial charge in [0.15, 0.2) is 0 Å². The number of ether oxygens (including phenoxy) is 2. The fraction of sp³-hybridized carbons (Fsp3) is 0.333. The third-order valence-electron chi connectivity index (χ3n) is 5.07. The van der Waals surface area contributed by atoms with Crippen LogP contribution in [-0.2, 0) is 4.74 Å². The van der Waals surface area contributed by atoms with Crippen LogP contribution in [0.25, 0.3) is 11.1 Å². The summed E-state index contributed by atoms with van der Waals surface area (Å²) in [5.41, 5.74) is 2.38. The molecule has 2 aliphatic rings. The Labute approximate surface area is 156 Å². The predicted octanol–water partition coefficient (Wildman–Crippen LogP) is 4.48. The number of nitriles is 1. The van der Waals surface area contributed by atoms with Crippen LogP contribution in [0.2, 0.25) is 0 Å². The molecular formula is C21H18F2N2O2. The van der Waals surface area contributed by atoms with E-state index >= 15 is 0 Å². The maximum Gasteiger partial charge on any atom is 0.205 e. The highest BCUT2D eigenvalue weighted by Crippen LogP contribution is 2.36. The van der Waals surface area contributed by atoms with Crippen molar-refractivity contribution in [3.63, 3.8) is 0 Å². The second kappa shape index (κ2) is 7.45. The molecule has 0 radical (unpaired) electrons. The largest absolute Gasteiger partial charge is 0.489 e. The molecule has 2 aromatic carbocycles. The van der Waals surface area contributed by atoms with Gasteiger partial charge in [-0.05, 0) is 48.2 Å². The van der Waals surface area contributed by atoms with E-state index in [-0.39, 0.29) is 12.0 Å². The fourth-order valence-corrected chi connectivity index (χ4v) is 3.75. The Kier molecular flexibility index (Phi) is 4.87. The first kappa shape index (κ1) is 17.6. The van der Waals surface area contributed by atoms with Gasteiger partial charge in [0.25, 0.3) is 0 Å². The number of benzene rings is 2. The van der Waals surface area contributed by atoms with Crippen molar-refractivity contribution in [2.75, 3.05) is 13.2 Å². The van der Waals surface area contributed by atoms with Crippen molar-refractivity contribution >= 4 is 5.71 Å². The molecule has 0 unspecified atom stereocenters. The Balaban J connectivity index is 1.70. The van der Waals surface area contributed by atoms with Gasteiger partial charge < -0.3 is 9.47 Å². The zero-order valence-electron chi connectivity index (χ0n) is 14.6. The third-order valence-corrected chi connectivity index (χ3v) is 5.07. The Morgan fingerprint density at radius 1 is 1.07 bits per heavy atom. The Morgan fingerprint density at radius 2 is 1.89 bits per heavy atom. The lowest BCUT2D eigenvalue weighted by Gasteiger charge is -2.34. The highest BCUT2D eigenvalue weighted by molar-refractivity contribution is 6.05. The van der Waals surface area contributed by atoms with Gasteiger partial charge in [-0.2, -0.15) is 10.3 Å². The van der Waals surface area contributed by atoms with Gasteiger partial charge in [0.1, 0.15) is 23.5 Å². The number of fused-ring (bicyclic) bond motifs is 1. The lowest BCUT2D eigenvalue weighted by molar-refractivity contribution is 0.00175. The molecule has 27 heavy (non-hydrogen) atoms. The number of nitrogens with zero attached hydrogens (tertiary/aromatic N) is 2. The molecule has 0 aliphatic carbocycles. The van der Waals surface area contributed by atoms with Crippen molar-refractivity contribution in [3.05, 3.63) is 53.6 Å². The summed E-state index contributed by atoms with van der Waals surface area (Å²) < 4.78 is 38.9. The minimum absolute atomic E-state index is 0.0950. The average molecular weight is 368 g/mol. The van der Waals surface area contributed by atoms with Crippen molar-refractivity contribution in [2.45, 2.75) is 25.4 Å². The lowest BCUT2D eigenvalue weighted by Crippen LogP contribution is -2.38. The molecular weight excluding hydrogens is 350 g/mol. The molecule has 0 amide bonds. The average Bonchev–Trinajstić information content (AvgIpc) is 2.68. The summed E-state index contributed by atoms with van der Waals surface area (Å²) in [6.45, 7) is 1.41. The van der Waals surface area contributed by atoms with Gasteiger partial charge in [-0.15, -0.1) is 0 Å². The van der Waals surface area contributed by atoms with E-state index in [0.29, 0.717) is 41.2 Å². The van der Waals surface area contributed by atoms with Gasteiger partial charge in [0.05, 0.1) is 12.3 Å². The van der Waals surface area contributed by atoms with Gasteiger partial charge in [0, 0.05) is 30.6 Å². The van der Waals surface area contributed by atoms with Crippen LogP contribution in [-0.4, -0.2) is 25.0 Å². The molecule has 2 aliphatic heterocycles. The molecule has 0 aromatic heterocycles. The normalized spacial score (nSPS) is 23.4. The third kappa shape index (κ3) is 3.69. The van der Waals surface area contributed by atoms with Crippen LogP contribution in [0.1, 0.15) is 24.8 Å². The van der Waals surface area contributed by atoms with Crippen molar-refractivity contribution in [3.8, 4) is 23.1 Å². The summed E-state index contributed by atoms with van der Waals surface area (Å²) >= 11 is 0. The van der Waals surface area contributed by atoms with E-state index in [2.05, 4.69) is 4.99 Å². The summed E-state index contributed by atoms with van der Waals surface area (Å²) in [6, 6.07) is 8.69. The van der Waals surface area contributed by atoms with Crippen molar-refractivity contribution in [1.29, 1.82) is 5.26 Å². The quantitative estimate of drug-likeness (QED) is 0.735. The van der Waals surface area contributed by atoms with Crippen molar-refractivity contribution in [2.24, 2.45) is 10.9 Å². The Bertz CT molecular complexity index is 910. The molecule has 0 N–H and O–H groups in total. The Morgan fingerprint density at radius 3 is 2.59 bits per heavy atom. The number of hydrogen-bond acceptors (Lipinski definition) is 4. The van der Waals surface area contributed by atoms with Gasteiger partial charge in [0.2, 0.25) is 6.19 Å². The van der Waals surface area contributed by atoms with Crippen molar-refractivity contribution in [1.82, 2.24) is 0 Å². The van der Waals surface area contributed by atoms with E-state index in [1.165, 1.54) is 12.1 Å². The summed E-state index contributed by atoms with van der Waals surface area (Å²) in [7, 11) is 0. The van der Waals surface area contributed by atoms with E-state index in [9.17, 15) is 8.78 Å². The fourth-order valence-electron chi connectivity index (χ4n) is 3.75. The molecule has 6 heteroatoms. The molecule has 1 saturated heterocycles. The second-order valence-corrected chi connectivity index (χ2v) is 6.87. The standard InChI is InChI=1S/C21H18F2N2O2/c22-16-6-15(7-17(23)9-16)13-3-4-20-18(8-13)19(25-12-24)10-21(27-20)14-2-1-5-26-11-14/h3-4,6-9,14,21H,1-2,5,10-11H2/b25-19+/t14-,21+/m1/s1. The molecule has 4 nitrogen and oxygen atoms in total. The van der Waals surface area contributed by atoms with Crippen LogP contribution >= 0.6 is 0 Å². The molecule has 2 atom stereocenters.